The molecule has 0 spiro atoms. The fourth-order valence-corrected chi connectivity index (χ4v) is 5.91. The minimum absolute atomic E-state index is 0. The molecule has 1 unspecified atom stereocenters. The van der Waals surface area contributed by atoms with Crippen molar-refractivity contribution in [2.24, 2.45) is 11.8 Å². The molecule has 3 fully saturated rings. The van der Waals surface area contributed by atoms with E-state index in [2.05, 4.69) is 54.0 Å². The van der Waals surface area contributed by atoms with Crippen LogP contribution < -0.4 is 12.4 Å². The lowest BCUT2D eigenvalue weighted by Crippen LogP contribution is -3.00. The summed E-state index contributed by atoms with van der Waals surface area (Å²) in [6.07, 6.45) is 5.79. The zero-order valence-electron chi connectivity index (χ0n) is 17.2. The van der Waals surface area contributed by atoms with Gasteiger partial charge in [0.1, 0.15) is 18.7 Å². The molecule has 1 N–H and O–H groups in total. The molecule has 156 valence electrons. The first-order chi connectivity index (χ1) is 14.2. The van der Waals surface area contributed by atoms with Crippen LogP contribution in [0.15, 0.2) is 79.5 Å². The Morgan fingerprint density at radius 2 is 1.87 bits per heavy atom. The van der Waals surface area contributed by atoms with Gasteiger partial charge in [-0.3, -0.25) is 4.98 Å². The summed E-state index contributed by atoms with van der Waals surface area (Å²) in [5, 5.41) is 12.8. The molecule has 4 heterocycles. The first-order valence-electron chi connectivity index (χ1n) is 10.7. The molecule has 3 nitrogen and oxygen atoms in total. The summed E-state index contributed by atoms with van der Waals surface area (Å²) in [6, 6.07) is 21.2. The highest BCUT2D eigenvalue weighted by atomic mass is 35.5. The minimum Gasteiger partial charge on any atom is -1.00 e. The van der Waals surface area contributed by atoms with Gasteiger partial charge in [-0.15, -0.1) is 6.58 Å². The molecule has 3 aromatic rings. The molecule has 6 rings (SSSR count). The molecule has 0 radical (unpaired) electrons. The van der Waals surface area contributed by atoms with Gasteiger partial charge < -0.3 is 22.0 Å². The smallest absolute Gasteiger partial charge is 0.131 e. The van der Waals surface area contributed by atoms with Gasteiger partial charge in [0.25, 0.3) is 0 Å². The van der Waals surface area contributed by atoms with Crippen LogP contribution in [-0.2, 0) is 6.54 Å². The predicted octanol–water partition coefficient (Wildman–Crippen LogP) is 1.88. The van der Waals surface area contributed by atoms with Crippen molar-refractivity contribution in [1.82, 2.24) is 4.98 Å². The molecule has 2 bridgehead atoms. The molecular formula is C26H29ClN2O. The maximum Gasteiger partial charge on any atom is 0.131 e. The summed E-state index contributed by atoms with van der Waals surface area (Å²) in [4.78, 5) is 4.50. The third kappa shape index (κ3) is 3.56. The van der Waals surface area contributed by atoms with Gasteiger partial charge in [0.15, 0.2) is 0 Å². The lowest BCUT2D eigenvalue weighted by Gasteiger charge is -2.58. The Bertz CT molecular complexity index is 1020. The Hall–Kier alpha value is -2.20. The van der Waals surface area contributed by atoms with Crippen molar-refractivity contribution >= 4 is 10.9 Å². The summed E-state index contributed by atoms with van der Waals surface area (Å²) in [7, 11) is 0. The highest BCUT2D eigenvalue weighted by molar-refractivity contribution is 5.82. The molecule has 5 atom stereocenters. The molecule has 3 aliphatic heterocycles. The number of aromatic nitrogens is 1. The summed E-state index contributed by atoms with van der Waals surface area (Å²) in [6.45, 7) is 7.32. The van der Waals surface area contributed by atoms with Gasteiger partial charge in [0, 0.05) is 35.9 Å². The van der Waals surface area contributed by atoms with E-state index in [9.17, 15) is 5.11 Å². The third-order valence-electron chi connectivity index (χ3n) is 7.38. The van der Waals surface area contributed by atoms with Gasteiger partial charge in [0.2, 0.25) is 0 Å². The second-order valence-electron chi connectivity index (χ2n) is 8.88. The number of benzene rings is 2. The quantitative estimate of drug-likeness (QED) is 0.505. The van der Waals surface area contributed by atoms with Crippen molar-refractivity contribution in [2.75, 3.05) is 13.1 Å². The van der Waals surface area contributed by atoms with Crippen LogP contribution in [-0.4, -0.2) is 33.7 Å². The van der Waals surface area contributed by atoms with E-state index in [-0.39, 0.29) is 18.4 Å². The number of aliphatic hydroxyl groups is 1. The van der Waals surface area contributed by atoms with Crippen molar-refractivity contribution in [3.05, 3.63) is 90.6 Å². The van der Waals surface area contributed by atoms with Gasteiger partial charge in [0.05, 0.1) is 18.6 Å². The van der Waals surface area contributed by atoms with Crippen LogP contribution in [0, 0.1) is 11.8 Å². The largest absolute Gasteiger partial charge is 1.00 e. The Kier molecular flexibility index (Phi) is 5.97. The maximum atomic E-state index is 11.7. The second kappa shape index (κ2) is 8.50. The molecule has 2 aromatic carbocycles. The average Bonchev–Trinajstić information content (AvgIpc) is 2.78. The van der Waals surface area contributed by atoms with Crippen LogP contribution in [0.3, 0.4) is 0 Å². The van der Waals surface area contributed by atoms with Crippen molar-refractivity contribution in [1.29, 1.82) is 0 Å². The number of pyridine rings is 1. The zero-order chi connectivity index (χ0) is 19.8. The van der Waals surface area contributed by atoms with E-state index in [1.54, 1.807) is 0 Å². The van der Waals surface area contributed by atoms with E-state index < -0.39 is 6.10 Å². The topological polar surface area (TPSA) is 33.1 Å². The van der Waals surface area contributed by atoms with Crippen LogP contribution in [0.4, 0.5) is 0 Å². The van der Waals surface area contributed by atoms with Crippen LogP contribution in [0.1, 0.15) is 30.1 Å². The molecular weight excluding hydrogens is 392 g/mol. The summed E-state index contributed by atoms with van der Waals surface area (Å²) >= 11 is 0. The Morgan fingerprint density at radius 1 is 1.10 bits per heavy atom. The number of nitrogens with zero attached hydrogens (tertiary/aromatic N) is 2. The highest BCUT2D eigenvalue weighted by Crippen LogP contribution is 2.47. The average molecular weight is 421 g/mol. The minimum atomic E-state index is -0.486. The van der Waals surface area contributed by atoms with E-state index in [1.165, 1.54) is 12.0 Å². The maximum absolute atomic E-state index is 11.7. The number of piperidine rings is 3. The Balaban J connectivity index is 0.00000218. The van der Waals surface area contributed by atoms with Crippen molar-refractivity contribution < 1.29 is 22.0 Å². The summed E-state index contributed by atoms with van der Waals surface area (Å²) in [5.74, 6) is 1.18. The van der Waals surface area contributed by atoms with Gasteiger partial charge in [-0.05, 0) is 23.6 Å². The number of hydrogen-bond acceptors (Lipinski definition) is 2. The molecule has 30 heavy (non-hydrogen) atoms. The van der Waals surface area contributed by atoms with Crippen molar-refractivity contribution in [2.45, 2.75) is 31.5 Å². The molecule has 3 aliphatic rings. The van der Waals surface area contributed by atoms with Crippen molar-refractivity contribution in [3.8, 4) is 0 Å². The van der Waals surface area contributed by atoms with Gasteiger partial charge in [-0.2, -0.15) is 0 Å². The normalized spacial score (nSPS) is 28.6. The first kappa shape index (κ1) is 21.0. The lowest BCUT2D eigenvalue weighted by molar-refractivity contribution is -0.984. The lowest BCUT2D eigenvalue weighted by atomic mass is 9.71. The van der Waals surface area contributed by atoms with Crippen LogP contribution in [0.5, 0.6) is 0 Å². The van der Waals surface area contributed by atoms with E-state index in [0.29, 0.717) is 11.8 Å². The van der Waals surface area contributed by atoms with Crippen molar-refractivity contribution in [3.63, 3.8) is 0 Å². The van der Waals surface area contributed by atoms with E-state index in [1.807, 2.05) is 30.5 Å². The van der Waals surface area contributed by atoms with E-state index >= 15 is 0 Å². The number of quaternary nitrogens is 1. The van der Waals surface area contributed by atoms with E-state index in [0.717, 1.165) is 47.0 Å². The van der Waals surface area contributed by atoms with Gasteiger partial charge in [-0.1, -0.05) is 54.6 Å². The second-order valence-corrected chi connectivity index (χ2v) is 8.88. The predicted molar refractivity (Wildman–Crippen MR) is 117 cm³/mol. The molecule has 1 aromatic heterocycles. The molecule has 0 saturated carbocycles. The highest BCUT2D eigenvalue weighted by Gasteiger charge is 2.53. The zero-order valence-corrected chi connectivity index (χ0v) is 18.0. The van der Waals surface area contributed by atoms with Gasteiger partial charge >= 0.3 is 0 Å². The fourth-order valence-electron chi connectivity index (χ4n) is 5.91. The molecule has 4 heteroatoms. The van der Waals surface area contributed by atoms with Gasteiger partial charge in [-0.25, -0.2) is 0 Å². The third-order valence-corrected chi connectivity index (χ3v) is 7.38. The van der Waals surface area contributed by atoms with E-state index in [4.69, 9.17) is 0 Å². The van der Waals surface area contributed by atoms with Crippen LogP contribution in [0.2, 0.25) is 0 Å². The summed E-state index contributed by atoms with van der Waals surface area (Å²) < 4.78 is 0.953. The molecule has 0 aliphatic carbocycles. The number of hydrogen-bond donors (Lipinski definition) is 1. The number of aliphatic hydroxyl groups excluding tert-OH is 1. The number of para-hydroxylation sites is 1. The Labute approximate surface area is 185 Å². The molecule has 0 amide bonds. The van der Waals surface area contributed by atoms with Crippen LogP contribution in [0.25, 0.3) is 10.9 Å². The monoisotopic (exact) mass is 420 g/mol. The van der Waals surface area contributed by atoms with Crippen LogP contribution >= 0.6 is 0 Å². The molecule has 3 saturated heterocycles. The number of fused-ring (bicyclic) bond motifs is 4. The number of halogens is 1. The number of rotatable bonds is 5. The fraction of sp³-hybridized carbons (Fsp3) is 0.346. The SMILES string of the molecule is C=C[C@H]1C[N+]2(Cc3ccccc3)CC[C@H]1C[C@@H]2[C@@H](O)c1ccnc2ccccc12.[Cl-]. The Morgan fingerprint density at radius 3 is 2.67 bits per heavy atom. The first-order valence-corrected chi connectivity index (χ1v) is 10.7. The standard InChI is InChI=1S/C26H29N2O.ClH/c1-2-20-18-28(17-19-8-4-3-5-9-19)15-13-21(20)16-25(28)26(29)23-12-14-27-24-11-7-6-10-22(23)24;/h2-12,14,20-21,25-26,29H,1,13,15-18H2;1H/q+1;/p-1/t20-,21-,25+,26-,28?;/m0./s1. The summed E-state index contributed by atoms with van der Waals surface area (Å²) in [5.41, 5.74) is 3.33.